The van der Waals surface area contributed by atoms with Crippen molar-refractivity contribution in [1.29, 1.82) is 0 Å². The number of anilines is 3. The molecular weight excluding hydrogens is 835 g/mol. The maximum Gasteiger partial charge on any atom is 0.144 e. The van der Waals surface area contributed by atoms with Crippen LogP contribution in [0.5, 0.6) is 0 Å². The van der Waals surface area contributed by atoms with Gasteiger partial charge in [-0.3, -0.25) is 0 Å². The third-order valence-electron chi connectivity index (χ3n) is 14.3. The first-order valence-corrected chi connectivity index (χ1v) is 23.8. The first-order chi connectivity index (χ1) is 33.0. The Morgan fingerprint density at radius 2 is 1.03 bits per heavy atom. The number of thiophene rings is 1. The number of furan rings is 2. The van der Waals surface area contributed by atoms with Crippen LogP contribution in [-0.4, -0.2) is 0 Å². The van der Waals surface area contributed by atoms with Gasteiger partial charge in [0.2, 0.25) is 0 Å². The van der Waals surface area contributed by atoms with E-state index in [-0.39, 0.29) is 5.41 Å². The van der Waals surface area contributed by atoms with Crippen molar-refractivity contribution in [3.63, 3.8) is 0 Å². The molecule has 0 spiro atoms. The van der Waals surface area contributed by atoms with E-state index in [4.69, 9.17) is 8.83 Å². The van der Waals surface area contributed by atoms with Crippen LogP contribution < -0.4 is 4.90 Å². The molecule has 3 heterocycles. The Balaban J connectivity index is 0.943. The molecule has 0 N–H and O–H groups in total. The molecule has 13 aromatic rings. The Kier molecular flexibility index (Phi) is 8.20. The fourth-order valence-electron chi connectivity index (χ4n) is 11.0. The topological polar surface area (TPSA) is 29.5 Å². The minimum atomic E-state index is -0.150. The van der Waals surface area contributed by atoms with Gasteiger partial charge in [0, 0.05) is 75.8 Å². The van der Waals surface area contributed by atoms with Crippen LogP contribution in [0.25, 0.3) is 109 Å². The number of benzene rings is 10. The van der Waals surface area contributed by atoms with E-state index in [9.17, 15) is 0 Å². The van der Waals surface area contributed by atoms with E-state index in [0.29, 0.717) is 0 Å². The fraction of sp³-hybridized carbons (Fsp3) is 0.0476. The van der Waals surface area contributed by atoms with Crippen LogP contribution >= 0.6 is 11.3 Å². The van der Waals surface area contributed by atoms with E-state index in [1.54, 1.807) is 0 Å². The molecule has 0 amide bonds. The number of rotatable bonds is 6. The minimum Gasteiger partial charge on any atom is -0.456 e. The lowest BCUT2D eigenvalue weighted by molar-refractivity contribution is 0.660. The summed E-state index contributed by atoms with van der Waals surface area (Å²) in [7, 11) is 0. The number of nitrogens with zero attached hydrogens (tertiary/aromatic N) is 1. The average molecular weight is 876 g/mol. The number of para-hydroxylation sites is 1. The quantitative estimate of drug-likeness (QED) is 0.167. The van der Waals surface area contributed by atoms with E-state index in [1.165, 1.54) is 64.7 Å². The Bertz CT molecular complexity index is 4110. The van der Waals surface area contributed by atoms with Gasteiger partial charge in [-0.25, -0.2) is 0 Å². The Morgan fingerprint density at radius 1 is 0.388 bits per heavy atom. The largest absolute Gasteiger partial charge is 0.456 e. The normalized spacial score (nSPS) is 13.0. The Hall–Kier alpha value is -8.18. The van der Waals surface area contributed by atoms with Crippen molar-refractivity contribution < 1.29 is 8.83 Å². The third-order valence-corrected chi connectivity index (χ3v) is 15.5. The molecule has 3 aromatic heterocycles. The minimum absolute atomic E-state index is 0.150. The highest BCUT2D eigenvalue weighted by molar-refractivity contribution is 7.26. The maximum absolute atomic E-state index is 7.21. The molecule has 0 saturated heterocycles. The van der Waals surface area contributed by atoms with E-state index in [2.05, 4.69) is 225 Å². The third kappa shape index (κ3) is 5.76. The molecule has 67 heavy (non-hydrogen) atoms. The summed E-state index contributed by atoms with van der Waals surface area (Å²) in [6.07, 6.45) is 0. The molecule has 10 aromatic carbocycles. The highest BCUT2D eigenvalue weighted by Gasteiger charge is 2.36. The molecule has 3 nitrogen and oxygen atoms in total. The van der Waals surface area contributed by atoms with Crippen molar-refractivity contribution in [1.82, 2.24) is 0 Å². The SMILES string of the molecule is CC1(C)c2ccccc2-c2ccc(-c3c4oc5cc(N(c6ccc(-c7ccccc7)cc6)c6ccc(-c7cccc8c7sc7ccccc78)cc6)ccc5c4cc4oc5ccccc5c34)cc21. The summed E-state index contributed by atoms with van der Waals surface area (Å²) in [5.41, 5.74) is 18.6. The zero-order chi connectivity index (χ0) is 44.4. The smallest absolute Gasteiger partial charge is 0.144 e. The highest BCUT2D eigenvalue weighted by atomic mass is 32.1. The first kappa shape index (κ1) is 38.1. The molecule has 0 fully saturated rings. The first-order valence-electron chi connectivity index (χ1n) is 23.0. The standard InChI is InChI=1S/C63H41NO2S/c1-63(2)53-20-9-6-15-46(53)47-33-27-41(35-54(47)63)59-60-51-17-7-10-21-55(51)65-57(60)37-52-48-34-32-44(36-56(48)66-61(52)59)64(42-28-23-39(24-29-42)38-13-4-3-5-14-38)43-30-25-40(26-31-43)45-18-12-19-50-49-16-8-11-22-58(49)67-62(45)50/h3-37H,1-2H3. The van der Waals surface area contributed by atoms with Gasteiger partial charge >= 0.3 is 0 Å². The van der Waals surface area contributed by atoms with E-state index >= 15 is 0 Å². The van der Waals surface area contributed by atoms with Crippen molar-refractivity contribution in [2.24, 2.45) is 0 Å². The maximum atomic E-state index is 7.21. The fourth-order valence-corrected chi connectivity index (χ4v) is 12.3. The van der Waals surface area contributed by atoms with Crippen LogP contribution in [0.2, 0.25) is 0 Å². The van der Waals surface area contributed by atoms with Gasteiger partial charge in [0.1, 0.15) is 22.3 Å². The van der Waals surface area contributed by atoms with Crippen LogP contribution in [0, 0.1) is 0 Å². The van der Waals surface area contributed by atoms with Gasteiger partial charge in [0.25, 0.3) is 0 Å². The summed E-state index contributed by atoms with van der Waals surface area (Å²) in [6.45, 7) is 4.68. The lowest BCUT2D eigenvalue weighted by Gasteiger charge is -2.26. The number of hydrogen-bond acceptors (Lipinski definition) is 4. The lowest BCUT2D eigenvalue weighted by Crippen LogP contribution is -2.14. The van der Waals surface area contributed by atoms with Crippen LogP contribution in [-0.2, 0) is 5.41 Å². The zero-order valence-corrected chi connectivity index (χ0v) is 37.7. The van der Waals surface area contributed by atoms with Gasteiger partial charge in [-0.1, -0.05) is 159 Å². The van der Waals surface area contributed by atoms with Gasteiger partial charge in [-0.15, -0.1) is 11.3 Å². The van der Waals surface area contributed by atoms with E-state index < -0.39 is 0 Å². The molecule has 0 unspecified atom stereocenters. The summed E-state index contributed by atoms with van der Waals surface area (Å²) < 4.78 is 16.5. The van der Waals surface area contributed by atoms with Crippen LogP contribution in [0.3, 0.4) is 0 Å². The number of fused-ring (bicyclic) bond motifs is 12. The van der Waals surface area contributed by atoms with Crippen LogP contribution in [0.15, 0.2) is 221 Å². The predicted octanol–water partition coefficient (Wildman–Crippen LogP) is 18.6. The number of hydrogen-bond donors (Lipinski definition) is 0. The Morgan fingerprint density at radius 3 is 1.87 bits per heavy atom. The second kappa shape index (κ2) is 14.4. The average Bonchev–Trinajstić information content (AvgIpc) is 4.12. The summed E-state index contributed by atoms with van der Waals surface area (Å²) >= 11 is 1.87. The van der Waals surface area contributed by atoms with E-state index in [1.807, 2.05) is 17.4 Å². The molecule has 1 aliphatic rings. The van der Waals surface area contributed by atoms with Gasteiger partial charge in [-0.05, 0) is 111 Å². The molecule has 0 saturated carbocycles. The molecule has 4 heteroatoms. The van der Waals surface area contributed by atoms with Gasteiger partial charge < -0.3 is 13.7 Å². The van der Waals surface area contributed by atoms with Crippen LogP contribution in [0.4, 0.5) is 17.1 Å². The second-order valence-electron chi connectivity index (χ2n) is 18.4. The monoisotopic (exact) mass is 875 g/mol. The molecule has 0 bridgehead atoms. The summed E-state index contributed by atoms with van der Waals surface area (Å²) in [6, 6.07) is 76.9. The summed E-state index contributed by atoms with van der Waals surface area (Å²) in [4.78, 5) is 2.34. The molecular formula is C63H41NO2S. The molecule has 1 aliphatic carbocycles. The molecule has 0 atom stereocenters. The molecule has 0 radical (unpaired) electrons. The molecule has 14 rings (SSSR count). The predicted molar refractivity (Wildman–Crippen MR) is 282 cm³/mol. The van der Waals surface area contributed by atoms with Gasteiger partial charge in [0.15, 0.2) is 0 Å². The lowest BCUT2D eigenvalue weighted by atomic mass is 9.81. The van der Waals surface area contributed by atoms with Crippen molar-refractivity contribution in [2.75, 3.05) is 4.90 Å². The Labute approximate surface area is 391 Å². The molecule has 0 aliphatic heterocycles. The molecule has 316 valence electrons. The van der Waals surface area contributed by atoms with Gasteiger partial charge in [0.05, 0.1) is 0 Å². The summed E-state index contributed by atoms with van der Waals surface area (Å²) in [5.74, 6) is 0. The summed E-state index contributed by atoms with van der Waals surface area (Å²) in [5, 5.41) is 6.84. The highest BCUT2D eigenvalue weighted by Crippen LogP contribution is 2.52. The van der Waals surface area contributed by atoms with Crippen molar-refractivity contribution >= 4 is 92.4 Å². The van der Waals surface area contributed by atoms with Crippen molar-refractivity contribution in [2.45, 2.75) is 19.3 Å². The van der Waals surface area contributed by atoms with E-state index in [0.717, 1.165) is 72.1 Å². The zero-order valence-electron chi connectivity index (χ0n) is 36.9. The second-order valence-corrected chi connectivity index (χ2v) is 19.4. The van der Waals surface area contributed by atoms with Crippen LogP contribution in [0.1, 0.15) is 25.0 Å². The van der Waals surface area contributed by atoms with Gasteiger partial charge in [-0.2, -0.15) is 0 Å². The van der Waals surface area contributed by atoms with Crippen molar-refractivity contribution in [3.05, 3.63) is 223 Å². The van der Waals surface area contributed by atoms with Crippen molar-refractivity contribution in [3.8, 4) is 44.5 Å².